The quantitative estimate of drug-likeness (QED) is 0.473. The Labute approximate surface area is 81.5 Å². The van der Waals surface area contributed by atoms with Crippen LogP contribution in [0, 0.1) is 0 Å². The first-order valence-corrected chi connectivity index (χ1v) is 4.06. The number of carbonyl (C=O) groups excluding carboxylic acids is 1. The summed E-state index contributed by atoms with van der Waals surface area (Å²) in [7, 11) is 1.51. The molecule has 0 aliphatic heterocycles. The number of para-hydroxylation sites is 1. The summed E-state index contributed by atoms with van der Waals surface area (Å²) in [5.74, 6) is -0.0132. The van der Waals surface area contributed by atoms with Crippen LogP contribution in [0.2, 0.25) is 0 Å². The van der Waals surface area contributed by atoms with Crippen LogP contribution in [-0.2, 0) is 4.79 Å². The number of amides is 1. The number of phenolic OH excluding ortho intramolecular Hbond substituents is 1. The molecule has 5 nitrogen and oxygen atoms in total. The zero-order valence-electron chi connectivity index (χ0n) is 7.78. The van der Waals surface area contributed by atoms with E-state index < -0.39 is 0 Å². The largest absolute Gasteiger partial charge is 0.506 e. The van der Waals surface area contributed by atoms with Gasteiger partial charge in [-0.15, -0.1) is 0 Å². The first kappa shape index (κ1) is 10.2. The third-order valence-corrected chi connectivity index (χ3v) is 1.68. The van der Waals surface area contributed by atoms with Crippen molar-refractivity contribution in [2.75, 3.05) is 19.4 Å². The number of rotatable bonds is 3. The van der Waals surface area contributed by atoms with E-state index in [9.17, 15) is 9.90 Å². The summed E-state index contributed by atoms with van der Waals surface area (Å²) < 4.78 is 5.07. The fourth-order valence-corrected chi connectivity index (χ4v) is 0.874. The molecule has 0 saturated heterocycles. The Morgan fingerprint density at radius 1 is 1.64 bits per heavy atom. The number of carbonyl (C=O) groups is 1. The highest BCUT2D eigenvalue weighted by Crippen LogP contribution is 2.29. The number of nitrogens with two attached hydrogens (primary N) is 1. The van der Waals surface area contributed by atoms with Crippen molar-refractivity contribution in [1.82, 2.24) is 5.32 Å². The lowest BCUT2D eigenvalue weighted by molar-refractivity contribution is -0.122. The zero-order chi connectivity index (χ0) is 10.6. The summed E-state index contributed by atoms with van der Waals surface area (Å²) >= 11 is 0. The highest BCUT2D eigenvalue weighted by molar-refractivity contribution is 5.77. The van der Waals surface area contributed by atoms with Gasteiger partial charge in [-0.3, -0.25) is 4.79 Å². The van der Waals surface area contributed by atoms with Crippen LogP contribution in [-0.4, -0.2) is 24.7 Å². The standard InChI is InChI=1S/C9H12N2O3/c1-11-8(13)5-14-7-4-2-3-6(12)9(7)10/h2-4,12H,5,10H2,1H3,(H,11,13). The smallest absolute Gasteiger partial charge is 0.257 e. The molecular weight excluding hydrogens is 184 g/mol. The summed E-state index contributed by atoms with van der Waals surface area (Å²) in [6.45, 7) is -0.121. The van der Waals surface area contributed by atoms with Crippen molar-refractivity contribution in [2.45, 2.75) is 0 Å². The van der Waals surface area contributed by atoms with E-state index in [-0.39, 0.29) is 24.0 Å². The molecule has 0 atom stereocenters. The lowest BCUT2D eigenvalue weighted by Gasteiger charge is -2.08. The van der Waals surface area contributed by atoms with Crippen molar-refractivity contribution in [1.29, 1.82) is 0 Å². The van der Waals surface area contributed by atoms with E-state index in [0.29, 0.717) is 5.75 Å². The van der Waals surface area contributed by atoms with Gasteiger partial charge in [-0.05, 0) is 12.1 Å². The van der Waals surface area contributed by atoms with E-state index in [1.807, 2.05) is 0 Å². The van der Waals surface area contributed by atoms with Gasteiger partial charge in [0, 0.05) is 7.05 Å². The van der Waals surface area contributed by atoms with Crippen molar-refractivity contribution < 1.29 is 14.6 Å². The molecule has 0 aliphatic rings. The van der Waals surface area contributed by atoms with Crippen molar-refractivity contribution in [3.8, 4) is 11.5 Å². The molecule has 0 heterocycles. The molecule has 0 aromatic heterocycles. The molecule has 1 aromatic rings. The summed E-state index contributed by atoms with van der Waals surface area (Å²) in [5.41, 5.74) is 5.64. The highest BCUT2D eigenvalue weighted by atomic mass is 16.5. The summed E-state index contributed by atoms with van der Waals surface area (Å²) in [5, 5.41) is 11.6. The molecule has 0 bridgehead atoms. The van der Waals surface area contributed by atoms with Gasteiger partial charge < -0.3 is 20.9 Å². The fraction of sp³-hybridized carbons (Fsp3) is 0.222. The summed E-state index contributed by atoms with van der Waals surface area (Å²) in [4.78, 5) is 10.8. The molecule has 0 unspecified atom stereocenters. The van der Waals surface area contributed by atoms with Crippen molar-refractivity contribution >= 4 is 11.6 Å². The maximum absolute atomic E-state index is 10.8. The fourth-order valence-electron chi connectivity index (χ4n) is 0.874. The molecule has 0 saturated carbocycles. The molecule has 1 amide bonds. The van der Waals surface area contributed by atoms with Crippen LogP contribution in [0.5, 0.6) is 11.5 Å². The zero-order valence-corrected chi connectivity index (χ0v) is 7.78. The SMILES string of the molecule is CNC(=O)COc1cccc(O)c1N. The minimum atomic E-state index is -0.257. The third-order valence-electron chi connectivity index (χ3n) is 1.68. The topological polar surface area (TPSA) is 84.6 Å². The normalized spacial score (nSPS) is 9.50. The number of likely N-dealkylation sites (N-methyl/N-ethyl adjacent to an activating group) is 1. The van der Waals surface area contributed by atoms with Gasteiger partial charge in [-0.1, -0.05) is 6.07 Å². The first-order valence-electron chi connectivity index (χ1n) is 4.06. The maximum Gasteiger partial charge on any atom is 0.257 e. The lowest BCUT2D eigenvalue weighted by Crippen LogP contribution is -2.25. The molecule has 4 N–H and O–H groups in total. The predicted octanol–water partition coefficient (Wildman–Crippen LogP) is 0.0992. The van der Waals surface area contributed by atoms with Crippen LogP contribution in [0.1, 0.15) is 0 Å². The molecule has 0 fully saturated rings. The van der Waals surface area contributed by atoms with Gasteiger partial charge in [0.1, 0.15) is 17.2 Å². The van der Waals surface area contributed by atoms with E-state index in [0.717, 1.165) is 0 Å². The predicted molar refractivity (Wildman–Crippen MR) is 52.1 cm³/mol. The van der Waals surface area contributed by atoms with Gasteiger partial charge in [-0.25, -0.2) is 0 Å². The Kier molecular flexibility index (Phi) is 3.17. The molecule has 0 spiro atoms. The number of phenols is 1. The van der Waals surface area contributed by atoms with Crippen molar-refractivity contribution in [3.63, 3.8) is 0 Å². The molecule has 5 heteroatoms. The number of nitrogen functional groups attached to an aromatic ring is 1. The van der Waals surface area contributed by atoms with E-state index in [1.165, 1.54) is 13.1 Å². The number of hydrogen-bond acceptors (Lipinski definition) is 4. The van der Waals surface area contributed by atoms with E-state index >= 15 is 0 Å². The van der Waals surface area contributed by atoms with Crippen LogP contribution in [0.4, 0.5) is 5.69 Å². The molecule has 14 heavy (non-hydrogen) atoms. The minimum Gasteiger partial charge on any atom is -0.506 e. The molecule has 0 radical (unpaired) electrons. The van der Waals surface area contributed by atoms with E-state index in [4.69, 9.17) is 10.5 Å². The Morgan fingerprint density at radius 3 is 3.00 bits per heavy atom. The summed E-state index contributed by atoms with van der Waals surface area (Å²) in [6, 6.07) is 4.62. The average molecular weight is 196 g/mol. The second kappa shape index (κ2) is 4.36. The Bertz CT molecular complexity index is 339. The van der Waals surface area contributed by atoms with Gasteiger partial charge in [0.25, 0.3) is 5.91 Å². The van der Waals surface area contributed by atoms with Crippen LogP contribution in [0.25, 0.3) is 0 Å². The second-order valence-corrected chi connectivity index (χ2v) is 2.65. The third kappa shape index (κ3) is 2.29. The van der Waals surface area contributed by atoms with Crippen LogP contribution >= 0.6 is 0 Å². The van der Waals surface area contributed by atoms with Crippen LogP contribution in [0.15, 0.2) is 18.2 Å². The van der Waals surface area contributed by atoms with Crippen LogP contribution in [0.3, 0.4) is 0 Å². The number of aromatic hydroxyl groups is 1. The molecule has 0 aliphatic carbocycles. The van der Waals surface area contributed by atoms with Gasteiger partial charge in [0.05, 0.1) is 0 Å². The van der Waals surface area contributed by atoms with Crippen molar-refractivity contribution in [3.05, 3.63) is 18.2 Å². The molecule has 1 rings (SSSR count). The Morgan fingerprint density at radius 2 is 2.36 bits per heavy atom. The number of nitrogens with one attached hydrogen (secondary N) is 1. The van der Waals surface area contributed by atoms with Gasteiger partial charge in [0.2, 0.25) is 0 Å². The highest BCUT2D eigenvalue weighted by Gasteiger charge is 2.06. The van der Waals surface area contributed by atoms with E-state index in [1.54, 1.807) is 12.1 Å². The van der Waals surface area contributed by atoms with Gasteiger partial charge in [0.15, 0.2) is 6.61 Å². The molecular formula is C9H12N2O3. The second-order valence-electron chi connectivity index (χ2n) is 2.65. The lowest BCUT2D eigenvalue weighted by atomic mass is 10.3. The van der Waals surface area contributed by atoms with E-state index in [2.05, 4.69) is 5.32 Å². The molecule has 1 aromatic carbocycles. The van der Waals surface area contributed by atoms with Crippen LogP contribution < -0.4 is 15.8 Å². The first-order chi connectivity index (χ1) is 6.65. The summed E-state index contributed by atoms with van der Waals surface area (Å²) in [6.07, 6.45) is 0. The van der Waals surface area contributed by atoms with Gasteiger partial charge in [-0.2, -0.15) is 0 Å². The number of anilines is 1. The monoisotopic (exact) mass is 196 g/mol. The molecule has 76 valence electrons. The maximum atomic E-state index is 10.8. The Balaban J connectivity index is 2.68. The number of hydrogen-bond donors (Lipinski definition) is 3. The van der Waals surface area contributed by atoms with Crippen molar-refractivity contribution in [2.24, 2.45) is 0 Å². The minimum absolute atomic E-state index is 0.0561. The number of benzene rings is 1. The average Bonchev–Trinajstić information content (AvgIpc) is 2.20. The van der Waals surface area contributed by atoms with Gasteiger partial charge >= 0.3 is 0 Å². The Hall–Kier alpha value is -1.91. The number of ether oxygens (including phenoxy) is 1.